The van der Waals surface area contributed by atoms with Crippen LogP contribution in [-0.2, 0) is 0 Å². The number of anilines is 1. The van der Waals surface area contributed by atoms with Gasteiger partial charge in [-0.15, -0.1) is 0 Å². The second-order valence-electron chi connectivity index (χ2n) is 6.19. The molecule has 1 aliphatic carbocycles. The Balaban J connectivity index is 1.82. The molecule has 1 spiro atoms. The summed E-state index contributed by atoms with van der Waals surface area (Å²) < 4.78 is 0. The van der Waals surface area contributed by atoms with Gasteiger partial charge in [-0.3, -0.25) is 0 Å². The lowest BCUT2D eigenvalue weighted by atomic mass is 9.94. The second kappa shape index (κ2) is 3.92. The van der Waals surface area contributed by atoms with E-state index in [1.165, 1.54) is 43.2 Å². The molecule has 0 N–H and O–H groups in total. The molecule has 1 saturated heterocycles. The number of aromatic nitrogens is 2. The largest absolute Gasteiger partial charge is 0.355 e. The van der Waals surface area contributed by atoms with E-state index in [2.05, 4.69) is 40.0 Å². The zero-order chi connectivity index (χ0) is 12.9. The van der Waals surface area contributed by atoms with Gasteiger partial charge in [-0.25, -0.2) is 9.97 Å². The Bertz CT molecular complexity index is 626. The number of fused-ring (bicyclic) bond motifs is 1. The molecule has 1 aromatic heterocycles. The molecular formula is C16H19N3. The molecule has 98 valence electrons. The molecule has 0 atom stereocenters. The van der Waals surface area contributed by atoms with E-state index in [9.17, 15) is 0 Å². The first-order valence-electron chi connectivity index (χ1n) is 7.23. The SMILES string of the molecule is Cc1cccc2ncnc(N3CCCC4(CC4)C3)c12. The Morgan fingerprint density at radius 1 is 1.16 bits per heavy atom. The Morgan fingerprint density at radius 3 is 2.89 bits per heavy atom. The van der Waals surface area contributed by atoms with Crippen molar-refractivity contribution in [2.75, 3.05) is 18.0 Å². The van der Waals surface area contributed by atoms with Crippen molar-refractivity contribution < 1.29 is 0 Å². The fourth-order valence-corrected chi connectivity index (χ4v) is 3.47. The Hall–Kier alpha value is -1.64. The van der Waals surface area contributed by atoms with E-state index >= 15 is 0 Å². The third-order valence-electron chi connectivity index (χ3n) is 4.77. The van der Waals surface area contributed by atoms with Gasteiger partial charge in [-0.05, 0) is 49.7 Å². The van der Waals surface area contributed by atoms with Gasteiger partial charge < -0.3 is 4.90 Å². The van der Waals surface area contributed by atoms with Crippen LogP contribution in [0, 0.1) is 12.3 Å². The van der Waals surface area contributed by atoms with Gasteiger partial charge in [-0.2, -0.15) is 0 Å². The van der Waals surface area contributed by atoms with Crippen LogP contribution in [0.1, 0.15) is 31.2 Å². The molecule has 2 aromatic rings. The predicted molar refractivity (Wildman–Crippen MR) is 77.4 cm³/mol. The van der Waals surface area contributed by atoms with Gasteiger partial charge in [0.15, 0.2) is 0 Å². The maximum atomic E-state index is 4.60. The average molecular weight is 253 g/mol. The summed E-state index contributed by atoms with van der Waals surface area (Å²) in [5.74, 6) is 1.15. The highest BCUT2D eigenvalue weighted by atomic mass is 15.2. The van der Waals surface area contributed by atoms with E-state index in [-0.39, 0.29) is 0 Å². The smallest absolute Gasteiger partial charge is 0.140 e. The lowest BCUT2D eigenvalue weighted by molar-refractivity contribution is 0.394. The van der Waals surface area contributed by atoms with Crippen LogP contribution in [0.3, 0.4) is 0 Å². The molecule has 0 amide bonds. The monoisotopic (exact) mass is 253 g/mol. The zero-order valence-corrected chi connectivity index (χ0v) is 11.4. The van der Waals surface area contributed by atoms with Crippen molar-refractivity contribution in [3.63, 3.8) is 0 Å². The van der Waals surface area contributed by atoms with Crippen molar-refractivity contribution in [2.24, 2.45) is 5.41 Å². The molecule has 0 bridgehead atoms. The summed E-state index contributed by atoms with van der Waals surface area (Å²) in [6, 6.07) is 6.32. The van der Waals surface area contributed by atoms with Gasteiger partial charge in [0.05, 0.1) is 5.52 Å². The maximum absolute atomic E-state index is 4.60. The molecule has 2 heterocycles. The number of rotatable bonds is 1. The molecule has 2 fully saturated rings. The third kappa shape index (κ3) is 1.79. The van der Waals surface area contributed by atoms with Gasteiger partial charge >= 0.3 is 0 Å². The summed E-state index contributed by atoms with van der Waals surface area (Å²) in [6.45, 7) is 4.49. The fraction of sp³-hybridized carbons (Fsp3) is 0.500. The average Bonchev–Trinajstić information content (AvgIpc) is 3.17. The van der Waals surface area contributed by atoms with E-state index in [1.54, 1.807) is 6.33 Å². The normalized spacial score (nSPS) is 21.0. The van der Waals surface area contributed by atoms with Gasteiger partial charge in [0.1, 0.15) is 12.1 Å². The first-order valence-corrected chi connectivity index (χ1v) is 7.23. The van der Waals surface area contributed by atoms with Crippen LogP contribution >= 0.6 is 0 Å². The maximum Gasteiger partial charge on any atom is 0.140 e. The van der Waals surface area contributed by atoms with Crippen LogP contribution in [0.4, 0.5) is 5.82 Å². The first-order chi connectivity index (χ1) is 9.27. The van der Waals surface area contributed by atoms with Gasteiger partial charge in [0, 0.05) is 18.5 Å². The van der Waals surface area contributed by atoms with E-state index in [4.69, 9.17) is 0 Å². The highest BCUT2D eigenvalue weighted by Crippen LogP contribution is 2.52. The summed E-state index contributed by atoms with van der Waals surface area (Å²) in [6.07, 6.45) is 7.24. The van der Waals surface area contributed by atoms with Crippen molar-refractivity contribution in [1.29, 1.82) is 0 Å². The Morgan fingerprint density at radius 2 is 2.05 bits per heavy atom. The fourth-order valence-electron chi connectivity index (χ4n) is 3.47. The highest BCUT2D eigenvalue weighted by molar-refractivity contribution is 5.92. The lowest BCUT2D eigenvalue weighted by Crippen LogP contribution is -2.37. The molecule has 0 unspecified atom stereocenters. The van der Waals surface area contributed by atoms with E-state index in [0.717, 1.165) is 17.9 Å². The van der Waals surface area contributed by atoms with Gasteiger partial charge in [0.25, 0.3) is 0 Å². The van der Waals surface area contributed by atoms with Crippen LogP contribution in [0.2, 0.25) is 0 Å². The van der Waals surface area contributed by atoms with Crippen molar-refractivity contribution in [2.45, 2.75) is 32.6 Å². The topological polar surface area (TPSA) is 29.0 Å². The minimum atomic E-state index is 0.623. The summed E-state index contributed by atoms with van der Waals surface area (Å²) in [5, 5.41) is 1.24. The quantitative estimate of drug-likeness (QED) is 0.780. The molecule has 3 nitrogen and oxygen atoms in total. The molecule has 19 heavy (non-hydrogen) atoms. The molecule has 3 heteroatoms. The van der Waals surface area contributed by atoms with Crippen molar-refractivity contribution >= 4 is 16.7 Å². The third-order valence-corrected chi connectivity index (χ3v) is 4.77. The summed E-state index contributed by atoms with van der Waals surface area (Å²) in [5.41, 5.74) is 2.97. The van der Waals surface area contributed by atoms with Crippen molar-refractivity contribution in [3.8, 4) is 0 Å². The summed E-state index contributed by atoms with van der Waals surface area (Å²) >= 11 is 0. The molecule has 1 saturated carbocycles. The molecule has 1 aliphatic heterocycles. The Labute approximate surface area is 113 Å². The molecule has 0 radical (unpaired) electrons. The van der Waals surface area contributed by atoms with Crippen LogP contribution < -0.4 is 4.90 Å². The Kier molecular flexibility index (Phi) is 2.32. The van der Waals surface area contributed by atoms with Crippen molar-refractivity contribution in [1.82, 2.24) is 9.97 Å². The second-order valence-corrected chi connectivity index (χ2v) is 6.19. The number of hydrogen-bond acceptors (Lipinski definition) is 3. The van der Waals surface area contributed by atoms with Gasteiger partial charge in [-0.1, -0.05) is 12.1 Å². The highest BCUT2D eigenvalue weighted by Gasteiger charge is 2.45. The van der Waals surface area contributed by atoms with Crippen LogP contribution in [0.25, 0.3) is 10.9 Å². The number of benzene rings is 1. The van der Waals surface area contributed by atoms with E-state index in [0.29, 0.717) is 5.41 Å². The first kappa shape index (κ1) is 11.2. The number of piperidine rings is 1. The number of aryl methyl sites for hydroxylation is 1. The number of hydrogen-bond donors (Lipinski definition) is 0. The zero-order valence-electron chi connectivity index (χ0n) is 11.4. The van der Waals surface area contributed by atoms with Crippen LogP contribution in [-0.4, -0.2) is 23.1 Å². The summed E-state index contributed by atoms with van der Waals surface area (Å²) in [4.78, 5) is 11.5. The van der Waals surface area contributed by atoms with E-state index < -0.39 is 0 Å². The predicted octanol–water partition coefficient (Wildman–Crippen LogP) is 3.32. The molecular weight excluding hydrogens is 234 g/mol. The molecule has 2 aliphatic rings. The number of nitrogens with zero attached hydrogens (tertiary/aromatic N) is 3. The van der Waals surface area contributed by atoms with E-state index in [1.807, 2.05) is 0 Å². The molecule has 1 aromatic carbocycles. The minimum absolute atomic E-state index is 0.623. The standard InChI is InChI=1S/C16H19N3/c1-12-4-2-5-13-14(12)15(18-11-17-13)19-9-3-6-16(10-19)7-8-16/h2,4-5,11H,3,6-10H2,1H3. The summed E-state index contributed by atoms with van der Waals surface area (Å²) in [7, 11) is 0. The van der Waals surface area contributed by atoms with Crippen LogP contribution in [0.5, 0.6) is 0 Å². The van der Waals surface area contributed by atoms with Crippen molar-refractivity contribution in [3.05, 3.63) is 30.1 Å². The van der Waals surface area contributed by atoms with Gasteiger partial charge in [0.2, 0.25) is 0 Å². The van der Waals surface area contributed by atoms with Crippen LogP contribution in [0.15, 0.2) is 24.5 Å². The lowest BCUT2D eigenvalue weighted by Gasteiger charge is -2.34. The molecule has 4 rings (SSSR count). The minimum Gasteiger partial charge on any atom is -0.355 e.